The topological polar surface area (TPSA) is 38.0 Å². The Morgan fingerprint density at radius 3 is 2.93 bits per heavy atom. The van der Waals surface area contributed by atoms with E-state index in [-0.39, 0.29) is 6.10 Å². The van der Waals surface area contributed by atoms with Crippen molar-refractivity contribution in [3.63, 3.8) is 0 Å². The molecule has 0 amide bonds. The molecular formula is C12H20N2O. The van der Waals surface area contributed by atoms with Crippen LogP contribution in [0.3, 0.4) is 0 Å². The van der Waals surface area contributed by atoms with Crippen molar-refractivity contribution in [2.24, 2.45) is 18.9 Å². The van der Waals surface area contributed by atoms with Gasteiger partial charge in [0.25, 0.3) is 0 Å². The molecule has 0 aliphatic heterocycles. The SMILES string of the molecule is CC1CCCC(C(O)c2ccn(C)n2)C1. The highest BCUT2D eigenvalue weighted by Crippen LogP contribution is 2.36. The number of aromatic nitrogens is 2. The Bertz CT molecular complexity index is 321. The van der Waals surface area contributed by atoms with Crippen LogP contribution < -0.4 is 0 Å². The number of aliphatic hydroxyl groups excluding tert-OH is 1. The summed E-state index contributed by atoms with van der Waals surface area (Å²) in [6.45, 7) is 2.28. The third-order valence-corrected chi connectivity index (χ3v) is 3.46. The highest BCUT2D eigenvalue weighted by Gasteiger charge is 2.27. The minimum absolute atomic E-state index is 0.367. The summed E-state index contributed by atoms with van der Waals surface area (Å²) in [4.78, 5) is 0. The van der Waals surface area contributed by atoms with Crippen molar-refractivity contribution in [2.75, 3.05) is 0 Å². The Morgan fingerprint density at radius 2 is 2.33 bits per heavy atom. The molecule has 3 atom stereocenters. The van der Waals surface area contributed by atoms with E-state index in [0.29, 0.717) is 5.92 Å². The molecule has 1 N–H and O–H groups in total. The van der Waals surface area contributed by atoms with Gasteiger partial charge in [0.05, 0.1) is 5.69 Å². The molecule has 3 unspecified atom stereocenters. The van der Waals surface area contributed by atoms with Gasteiger partial charge in [0.1, 0.15) is 6.10 Å². The van der Waals surface area contributed by atoms with Crippen LogP contribution in [0.2, 0.25) is 0 Å². The van der Waals surface area contributed by atoms with Gasteiger partial charge in [0, 0.05) is 13.2 Å². The standard InChI is InChI=1S/C12H20N2O/c1-9-4-3-5-10(8-9)12(15)11-6-7-14(2)13-11/h6-7,9-10,12,15H,3-5,8H2,1-2H3. The summed E-state index contributed by atoms with van der Waals surface area (Å²) in [5.74, 6) is 1.16. The Balaban J connectivity index is 2.03. The van der Waals surface area contributed by atoms with Crippen molar-refractivity contribution in [2.45, 2.75) is 38.7 Å². The molecule has 1 aromatic rings. The molecule has 1 aliphatic carbocycles. The van der Waals surface area contributed by atoms with Crippen LogP contribution in [0.4, 0.5) is 0 Å². The van der Waals surface area contributed by atoms with Gasteiger partial charge < -0.3 is 5.11 Å². The second kappa shape index (κ2) is 4.35. The van der Waals surface area contributed by atoms with Crippen LogP contribution in [0.15, 0.2) is 12.3 Å². The van der Waals surface area contributed by atoms with Crippen molar-refractivity contribution < 1.29 is 5.11 Å². The molecule has 0 aromatic carbocycles. The zero-order chi connectivity index (χ0) is 10.8. The van der Waals surface area contributed by atoms with Crippen LogP contribution in [0.1, 0.15) is 44.4 Å². The Kier molecular flexibility index (Phi) is 3.10. The first-order valence-corrected chi connectivity index (χ1v) is 5.84. The van der Waals surface area contributed by atoms with E-state index >= 15 is 0 Å². The first-order chi connectivity index (χ1) is 7.16. The van der Waals surface area contributed by atoms with Gasteiger partial charge in [-0.15, -0.1) is 0 Å². The fraction of sp³-hybridized carbons (Fsp3) is 0.750. The number of aliphatic hydroxyl groups is 1. The zero-order valence-electron chi connectivity index (χ0n) is 9.56. The molecule has 3 heteroatoms. The maximum absolute atomic E-state index is 10.2. The van der Waals surface area contributed by atoms with Gasteiger partial charge in [-0.1, -0.05) is 19.8 Å². The van der Waals surface area contributed by atoms with Crippen LogP contribution >= 0.6 is 0 Å². The normalized spacial score (nSPS) is 29.0. The molecule has 0 radical (unpaired) electrons. The highest BCUT2D eigenvalue weighted by molar-refractivity contribution is 5.04. The molecule has 3 nitrogen and oxygen atoms in total. The summed E-state index contributed by atoms with van der Waals surface area (Å²) in [5, 5.41) is 14.5. The average Bonchev–Trinajstić information content (AvgIpc) is 2.64. The van der Waals surface area contributed by atoms with E-state index in [1.807, 2.05) is 19.3 Å². The van der Waals surface area contributed by atoms with Crippen LogP contribution in [0.25, 0.3) is 0 Å². The summed E-state index contributed by atoms with van der Waals surface area (Å²) >= 11 is 0. The molecular weight excluding hydrogens is 188 g/mol. The van der Waals surface area contributed by atoms with Gasteiger partial charge in [-0.3, -0.25) is 4.68 Å². The van der Waals surface area contributed by atoms with Crippen LogP contribution in [-0.2, 0) is 7.05 Å². The van der Waals surface area contributed by atoms with Crippen molar-refractivity contribution >= 4 is 0 Å². The Labute approximate surface area is 91.1 Å². The molecule has 1 aromatic heterocycles. The maximum atomic E-state index is 10.2. The van der Waals surface area contributed by atoms with Crippen molar-refractivity contribution in [3.8, 4) is 0 Å². The average molecular weight is 208 g/mol. The van der Waals surface area contributed by atoms with Gasteiger partial charge in [-0.05, 0) is 30.7 Å². The fourth-order valence-electron chi connectivity index (χ4n) is 2.60. The van der Waals surface area contributed by atoms with Gasteiger partial charge in [-0.2, -0.15) is 5.10 Å². The first-order valence-electron chi connectivity index (χ1n) is 5.84. The van der Waals surface area contributed by atoms with E-state index in [9.17, 15) is 5.11 Å². The van der Waals surface area contributed by atoms with E-state index in [1.165, 1.54) is 12.8 Å². The highest BCUT2D eigenvalue weighted by atomic mass is 16.3. The molecule has 1 heterocycles. The molecule has 0 bridgehead atoms. The molecule has 84 valence electrons. The molecule has 2 rings (SSSR count). The molecule has 1 saturated carbocycles. The molecule has 0 spiro atoms. The van der Waals surface area contributed by atoms with Gasteiger partial charge in [0.2, 0.25) is 0 Å². The van der Waals surface area contributed by atoms with Crippen molar-refractivity contribution in [3.05, 3.63) is 18.0 Å². The summed E-state index contributed by atoms with van der Waals surface area (Å²) in [7, 11) is 1.89. The summed E-state index contributed by atoms with van der Waals surface area (Å²) in [5.41, 5.74) is 0.830. The van der Waals surface area contributed by atoms with E-state index in [4.69, 9.17) is 0 Å². The second-order valence-electron chi connectivity index (χ2n) is 4.89. The fourth-order valence-corrected chi connectivity index (χ4v) is 2.60. The van der Waals surface area contributed by atoms with E-state index in [2.05, 4.69) is 12.0 Å². The molecule has 15 heavy (non-hydrogen) atoms. The number of hydrogen-bond acceptors (Lipinski definition) is 2. The van der Waals surface area contributed by atoms with Crippen LogP contribution in [-0.4, -0.2) is 14.9 Å². The third-order valence-electron chi connectivity index (χ3n) is 3.46. The van der Waals surface area contributed by atoms with E-state index in [0.717, 1.165) is 24.5 Å². The lowest BCUT2D eigenvalue weighted by molar-refractivity contribution is 0.0676. The minimum atomic E-state index is -0.367. The molecule has 0 saturated heterocycles. The summed E-state index contributed by atoms with van der Waals surface area (Å²) in [6, 6.07) is 1.92. The lowest BCUT2D eigenvalue weighted by atomic mass is 9.79. The zero-order valence-corrected chi connectivity index (χ0v) is 9.56. The Hall–Kier alpha value is -0.830. The smallest absolute Gasteiger partial charge is 0.101 e. The molecule has 1 aliphatic rings. The Morgan fingerprint density at radius 1 is 1.53 bits per heavy atom. The number of aryl methyl sites for hydroxylation is 1. The lowest BCUT2D eigenvalue weighted by Crippen LogP contribution is -2.20. The quantitative estimate of drug-likeness (QED) is 0.809. The largest absolute Gasteiger partial charge is 0.386 e. The molecule has 1 fully saturated rings. The van der Waals surface area contributed by atoms with Crippen molar-refractivity contribution in [1.82, 2.24) is 9.78 Å². The summed E-state index contributed by atoms with van der Waals surface area (Å²) in [6.07, 6.45) is 6.36. The number of hydrogen-bond donors (Lipinski definition) is 1. The third kappa shape index (κ3) is 2.40. The monoisotopic (exact) mass is 208 g/mol. The summed E-state index contributed by atoms with van der Waals surface area (Å²) < 4.78 is 1.75. The van der Waals surface area contributed by atoms with E-state index in [1.54, 1.807) is 4.68 Å². The number of rotatable bonds is 2. The number of nitrogens with zero attached hydrogens (tertiary/aromatic N) is 2. The lowest BCUT2D eigenvalue weighted by Gasteiger charge is -2.29. The predicted molar refractivity (Wildman–Crippen MR) is 59.3 cm³/mol. The van der Waals surface area contributed by atoms with Crippen molar-refractivity contribution in [1.29, 1.82) is 0 Å². The predicted octanol–water partition coefficient (Wildman–Crippen LogP) is 2.28. The second-order valence-corrected chi connectivity index (χ2v) is 4.89. The van der Waals surface area contributed by atoms with Gasteiger partial charge in [-0.25, -0.2) is 0 Å². The van der Waals surface area contributed by atoms with Gasteiger partial charge in [0.15, 0.2) is 0 Å². The van der Waals surface area contributed by atoms with E-state index < -0.39 is 0 Å². The van der Waals surface area contributed by atoms with Crippen LogP contribution in [0, 0.1) is 11.8 Å². The maximum Gasteiger partial charge on any atom is 0.101 e. The minimum Gasteiger partial charge on any atom is -0.386 e. The van der Waals surface area contributed by atoms with Crippen LogP contribution in [0.5, 0.6) is 0 Å². The van der Waals surface area contributed by atoms with Gasteiger partial charge >= 0.3 is 0 Å². The first kappa shape index (κ1) is 10.7.